The number of carbonyl (C=O) groups is 1. The van der Waals surface area contributed by atoms with Crippen molar-refractivity contribution >= 4 is 50.9 Å². The molecule has 2 heterocycles. The molecule has 1 aliphatic rings. The van der Waals surface area contributed by atoms with E-state index in [4.69, 9.17) is 25.8 Å². The molecule has 0 saturated heterocycles. The molecule has 5 nitrogen and oxygen atoms in total. The zero-order valence-electron chi connectivity index (χ0n) is 13.6. The van der Waals surface area contributed by atoms with E-state index in [1.807, 2.05) is 24.3 Å². The van der Waals surface area contributed by atoms with Gasteiger partial charge in [0.15, 0.2) is 15.8 Å². The van der Waals surface area contributed by atoms with Crippen molar-refractivity contribution in [2.24, 2.45) is 0 Å². The number of hydrogen-bond donors (Lipinski definition) is 0. The normalized spacial score (nSPS) is 13.0. The fraction of sp³-hybridized carbons (Fsp3) is 0.222. The summed E-state index contributed by atoms with van der Waals surface area (Å²) in [6.07, 6.45) is 0. The van der Waals surface area contributed by atoms with Crippen molar-refractivity contribution in [2.45, 2.75) is 10.9 Å². The van der Waals surface area contributed by atoms with Crippen LogP contribution in [0.4, 0.5) is 0 Å². The maximum absolute atomic E-state index is 12.0. The van der Waals surface area contributed by atoms with Gasteiger partial charge >= 0.3 is 5.97 Å². The summed E-state index contributed by atoms with van der Waals surface area (Å²) in [4.78, 5) is 16.5. The van der Waals surface area contributed by atoms with Gasteiger partial charge in [-0.05, 0) is 29.8 Å². The van der Waals surface area contributed by atoms with E-state index in [9.17, 15) is 4.79 Å². The summed E-state index contributed by atoms with van der Waals surface area (Å²) in [5.41, 5.74) is 1.71. The van der Waals surface area contributed by atoms with Gasteiger partial charge in [-0.2, -0.15) is 0 Å². The van der Waals surface area contributed by atoms with E-state index in [2.05, 4.69) is 4.98 Å². The standard InChI is InChI=1S/C18H14ClNO4S2/c19-12-7-11(8-14-17(12)23-6-5-22-14)9-24-16(21)10-25-18-20-13-3-1-2-4-15(13)26-18/h1-4,7-8H,5-6,9-10H2. The van der Waals surface area contributed by atoms with Gasteiger partial charge in [-0.3, -0.25) is 4.79 Å². The summed E-state index contributed by atoms with van der Waals surface area (Å²) in [5.74, 6) is 1.02. The molecule has 134 valence electrons. The zero-order chi connectivity index (χ0) is 17.9. The molecule has 3 aromatic rings. The van der Waals surface area contributed by atoms with Crippen LogP contribution in [0.25, 0.3) is 10.2 Å². The number of benzene rings is 2. The summed E-state index contributed by atoms with van der Waals surface area (Å²) in [6.45, 7) is 1.09. The summed E-state index contributed by atoms with van der Waals surface area (Å²) in [5, 5.41) is 0.456. The highest BCUT2D eigenvalue weighted by molar-refractivity contribution is 8.01. The minimum Gasteiger partial charge on any atom is -0.486 e. The summed E-state index contributed by atoms with van der Waals surface area (Å²) < 4.78 is 18.3. The van der Waals surface area contributed by atoms with Crippen LogP contribution in [0.2, 0.25) is 5.02 Å². The smallest absolute Gasteiger partial charge is 0.316 e. The Morgan fingerprint density at radius 3 is 3.00 bits per heavy atom. The van der Waals surface area contributed by atoms with Crippen molar-refractivity contribution < 1.29 is 19.0 Å². The molecule has 8 heteroatoms. The third-order valence-electron chi connectivity index (χ3n) is 3.64. The average Bonchev–Trinajstić information content (AvgIpc) is 3.08. The molecule has 0 unspecified atom stereocenters. The number of ether oxygens (including phenoxy) is 3. The number of carbonyl (C=O) groups excluding carboxylic acids is 1. The molecule has 0 fully saturated rings. The zero-order valence-corrected chi connectivity index (χ0v) is 16.0. The second-order valence-electron chi connectivity index (χ2n) is 5.50. The maximum atomic E-state index is 12.0. The minimum absolute atomic E-state index is 0.135. The van der Waals surface area contributed by atoms with E-state index in [-0.39, 0.29) is 18.3 Å². The molecule has 0 saturated carbocycles. The predicted octanol–water partition coefficient (Wildman–Crippen LogP) is 4.56. The van der Waals surface area contributed by atoms with Gasteiger partial charge in [0.2, 0.25) is 0 Å². The van der Waals surface area contributed by atoms with Crippen molar-refractivity contribution in [3.63, 3.8) is 0 Å². The van der Waals surface area contributed by atoms with Crippen LogP contribution < -0.4 is 9.47 Å². The number of thioether (sulfide) groups is 1. The fourth-order valence-corrected chi connectivity index (χ4v) is 4.64. The molecule has 0 atom stereocenters. The number of fused-ring (bicyclic) bond motifs is 2. The Morgan fingerprint density at radius 1 is 1.27 bits per heavy atom. The number of halogens is 1. The van der Waals surface area contributed by atoms with E-state index in [0.717, 1.165) is 20.1 Å². The van der Waals surface area contributed by atoms with Gasteiger partial charge in [-0.15, -0.1) is 11.3 Å². The van der Waals surface area contributed by atoms with Gasteiger partial charge in [0, 0.05) is 0 Å². The fourth-order valence-electron chi connectivity index (χ4n) is 2.49. The van der Waals surface area contributed by atoms with Gasteiger partial charge < -0.3 is 14.2 Å². The molecular weight excluding hydrogens is 394 g/mol. The molecule has 1 aromatic heterocycles. The molecule has 0 amide bonds. The van der Waals surface area contributed by atoms with Gasteiger partial charge in [-0.1, -0.05) is 35.5 Å². The van der Waals surface area contributed by atoms with Crippen molar-refractivity contribution in [3.8, 4) is 11.5 Å². The highest BCUT2D eigenvalue weighted by Gasteiger charge is 2.17. The molecule has 0 N–H and O–H groups in total. The lowest BCUT2D eigenvalue weighted by Crippen LogP contribution is -2.16. The summed E-state index contributed by atoms with van der Waals surface area (Å²) in [7, 11) is 0. The number of esters is 1. The molecule has 1 aliphatic heterocycles. The van der Waals surface area contributed by atoms with Crippen molar-refractivity contribution in [1.82, 2.24) is 4.98 Å². The second kappa shape index (κ2) is 7.73. The van der Waals surface area contributed by atoms with Crippen LogP contribution in [0, 0.1) is 0 Å². The number of aromatic nitrogens is 1. The summed E-state index contributed by atoms with van der Waals surface area (Å²) >= 11 is 9.13. The number of rotatable bonds is 5. The van der Waals surface area contributed by atoms with Gasteiger partial charge in [0.25, 0.3) is 0 Å². The molecule has 0 aliphatic carbocycles. The lowest BCUT2D eigenvalue weighted by molar-refractivity contribution is -0.141. The van der Waals surface area contributed by atoms with Crippen LogP contribution in [0.3, 0.4) is 0 Å². The van der Waals surface area contributed by atoms with E-state index >= 15 is 0 Å². The van der Waals surface area contributed by atoms with Crippen LogP contribution in [0.5, 0.6) is 11.5 Å². The van der Waals surface area contributed by atoms with Crippen LogP contribution in [-0.2, 0) is 16.1 Å². The van der Waals surface area contributed by atoms with Crippen molar-refractivity contribution in [2.75, 3.05) is 19.0 Å². The highest BCUT2D eigenvalue weighted by atomic mass is 35.5. The first kappa shape index (κ1) is 17.5. The van der Waals surface area contributed by atoms with E-state index in [1.54, 1.807) is 23.5 Å². The molecule has 4 rings (SSSR count). The van der Waals surface area contributed by atoms with Crippen LogP contribution in [-0.4, -0.2) is 29.9 Å². The Morgan fingerprint density at radius 2 is 2.12 bits per heavy atom. The van der Waals surface area contributed by atoms with Crippen LogP contribution in [0.15, 0.2) is 40.7 Å². The van der Waals surface area contributed by atoms with Gasteiger partial charge in [0.1, 0.15) is 19.8 Å². The Bertz CT molecular complexity index is 927. The molecule has 0 spiro atoms. The van der Waals surface area contributed by atoms with Crippen LogP contribution in [0.1, 0.15) is 5.56 Å². The van der Waals surface area contributed by atoms with E-state index in [1.165, 1.54) is 11.8 Å². The van der Waals surface area contributed by atoms with Crippen molar-refractivity contribution in [3.05, 3.63) is 47.0 Å². The Hall–Kier alpha value is -1.96. The lowest BCUT2D eigenvalue weighted by atomic mass is 10.2. The van der Waals surface area contributed by atoms with Gasteiger partial charge in [0.05, 0.1) is 21.0 Å². The first-order chi connectivity index (χ1) is 12.7. The lowest BCUT2D eigenvalue weighted by Gasteiger charge is -2.20. The number of thiazole rings is 1. The second-order valence-corrected chi connectivity index (χ2v) is 8.16. The number of hydrogen-bond acceptors (Lipinski definition) is 7. The predicted molar refractivity (Wildman–Crippen MR) is 103 cm³/mol. The Labute approximate surface area is 163 Å². The Kier molecular flexibility index (Phi) is 5.19. The highest BCUT2D eigenvalue weighted by Crippen LogP contribution is 2.38. The average molecular weight is 408 g/mol. The van der Waals surface area contributed by atoms with Crippen LogP contribution >= 0.6 is 34.7 Å². The Balaban J connectivity index is 1.33. The molecular formula is C18H14ClNO4S2. The maximum Gasteiger partial charge on any atom is 0.316 e. The SMILES string of the molecule is O=C(CSc1nc2ccccc2s1)OCc1cc(Cl)c2c(c1)OCCO2. The van der Waals surface area contributed by atoms with Gasteiger partial charge in [-0.25, -0.2) is 4.98 Å². The molecule has 0 radical (unpaired) electrons. The monoisotopic (exact) mass is 407 g/mol. The first-order valence-corrected chi connectivity index (χ1v) is 10.1. The topological polar surface area (TPSA) is 57.7 Å². The van der Waals surface area contributed by atoms with Crippen molar-refractivity contribution in [1.29, 1.82) is 0 Å². The van der Waals surface area contributed by atoms with E-state index < -0.39 is 0 Å². The largest absolute Gasteiger partial charge is 0.486 e. The number of para-hydroxylation sites is 1. The molecule has 26 heavy (non-hydrogen) atoms. The molecule has 0 bridgehead atoms. The summed E-state index contributed by atoms with van der Waals surface area (Å²) in [6, 6.07) is 11.4. The minimum atomic E-state index is -0.305. The third kappa shape index (κ3) is 3.90. The quantitative estimate of drug-likeness (QED) is 0.456. The number of nitrogens with zero attached hydrogens (tertiary/aromatic N) is 1. The third-order valence-corrected chi connectivity index (χ3v) is 6.08. The first-order valence-electron chi connectivity index (χ1n) is 7.91. The van der Waals surface area contributed by atoms with E-state index in [0.29, 0.717) is 29.7 Å². The molecule has 2 aromatic carbocycles.